The van der Waals surface area contributed by atoms with Crippen LogP contribution in [0, 0.1) is 0 Å². The van der Waals surface area contributed by atoms with Crippen LogP contribution < -0.4 is 4.74 Å². The first-order chi connectivity index (χ1) is 17.0. The number of ketones is 2. The number of hydrogen-bond donors (Lipinski definition) is 2. The van der Waals surface area contributed by atoms with Crippen LogP contribution in [-0.4, -0.2) is 88.1 Å². The smallest absolute Gasteiger partial charge is 0.341 e. The lowest BCUT2D eigenvalue weighted by Crippen LogP contribution is -2.31. The Bertz CT molecular complexity index is 1260. The van der Waals surface area contributed by atoms with Crippen molar-refractivity contribution >= 4 is 23.1 Å². The van der Waals surface area contributed by atoms with Gasteiger partial charge in [-0.2, -0.15) is 0 Å². The summed E-state index contributed by atoms with van der Waals surface area (Å²) in [7, 11) is 0. The van der Waals surface area contributed by atoms with Crippen LogP contribution in [0.5, 0.6) is 5.75 Å². The van der Waals surface area contributed by atoms with E-state index < -0.39 is 17.5 Å². The van der Waals surface area contributed by atoms with Crippen LogP contribution in [0.1, 0.15) is 55.8 Å². The fourth-order valence-corrected chi connectivity index (χ4v) is 4.34. The Balaban J connectivity index is 1.74. The van der Waals surface area contributed by atoms with Gasteiger partial charge in [0.2, 0.25) is 5.78 Å². The maximum absolute atomic E-state index is 13.4. The minimum absolute atomic E-state index is 0.00695. The van der Waals surface area contributed by atoms with Crippen LogP contribution in [0.25, 0.3) is 5.52 Å². The van der Waals surface area contributed by atoms with E-state index in [9.17, 15) is 14.4 Å². The highest BCUT2D eigenvalue weighted by molar-refractivity contribution is 6.31. The number of carbonyl (C=O) groups excluding carboxylic acids is 3. The molecule has 0 saturated carbocycles. The van der Waals surface area contributed by atoms with Crippen LogP contribution >= 0.6 is 0 Å². The Morgan fingerprint density at radius 2 is 1.86 bits per heavy atom. The minimum atomic E-state index is -0.715. The molecule has 2 N–H and O–H groups in total. The van der Waals surface area contributed by atoms with E-state index >= 15 is 0 Å². The molecule has 0 fully saturated rings. The van der Waals surface area contributed by atoms with Gasteiger partial charge in [-0.1, -0.05) is 0 Å². The van der Waals surface area contributed by atoms with Crippen LogP contribution in [-0.2, 0) is 4.74 Å². The van der Waals surface area contributed by atoms with Crippen molar-refractivity contribution in [2.24, 2.45) is 0 Å². The Hall–Kier alpha value is -3.60. The highest BCUT2D eigenvalue weighted by atomic mass is 16.5. The number of esters is 1. The quantitative estimate of drug-likeness (QED) is 0.241. The van der Waals surface area contributed by atoms with E-state index in [-0.39, 0.29) is 60.0 Å². The van der Waals surface area contributed by atoms with Gasteiger partial charge in [0.05, 0.1) is 37.6 Å². The number of aromatic nitrogens is 2. The molecule has 0 saturated heterocycles. The third kappa shape index (κ3) is 4.55. The molecular formula is C25H27N3O7. The minimum Gasteiger partial charge on any atom is -0.491 e. The molecule has 0 atom stereocenters. The second kappa shape index (κ2) is 10.8. The maximum atomic E-state index is 13.4. The van der Waals surface area contributed by atoms with E-state index in [1.807, 2.05) is 4.90 Å². The standard InChI is InChI=1S/C25H27N3O7/c1-2-34-25(33)19-18-22(24(32)20-16(23(18)31)6-3-8-26-20)28-10-4-7-17(21(19)28)35-15-5-9-27(11-13-29)12-14-30/h3-4,6-8,10,29-30H,2,5,9,11-15H2,1H3. The highest BCUT2D eigenvalue weighted by Gasteiger charge is 2.40. The van der Waals surface area contributed by atoms with Gasteiger partial charge in [0.25, 0.3) is 0 Å². The van der Waals surface area contributed by atoms with Crippen LogP contribution in [0.3, 0.4) is 0 Å². The van der Waals surface area contributed by atoms with Crippen molar-refractivity contribution in [1.82, 2.24) is 14.3 Å². The van der Waals surface area contributed by atoms with Crippen LogP contribution in [0.2, 0.25) is 0 Å². The molecule has 10 heteroatoms. The third-order valence-corrected chi connectivity index (χ3v) is 5.82. The second-order valence-corrected chi connectivity index (χ2v) is 7.96. The number of aliphatic hydroxyl groups excluding tert-OH is 2. The Morgan fingerprint density at radius 3 is 2.57 bits per heavy atom. The SMILES string of the molecule is CCOC(=O)c1c2c(n3cccc(OCCCN(CCO)CCO)c13)C(=O)c1ncccc1C2=O. The predicted octanol–water partition coefficient (Wildman–Crippen LogP) is 1.34. The molecule has 10 nitrogen and oxygen atoms in total. The van der Waals surface area contributed by atoms with Crippen molar-refractivity contribution in [2.75, 3.05) is 46.1 Å². The van der Waals surface area contributed by atoms with Gasteiger partial charge in [0, 0.05) is 32.0 Å². The Kier molecular flexibility index (Phi) is 7.54. The lowest BCUT2D eigenvalue weighted by atomic mass is 9.89. The van der Waals surface area contributed by atoms with Crippen molar-refractivity contribution in [3.05, 3.63) is 64.7 Å². The lowest BCUT2D eigenvalue weighted by molar-refractivity contribution is 0.0525. The summed E-state index contributed by atoms with van der Waals surface area (Å²) in [5.41, 5.74) is 0.505. The first-order valence-electron chi connectivity index (χ1n) is 11.5. The molecule has 3 heterocycles. The summed E-state index contributed by atoms with van der Waals surface area (Å²) in [6.07, 6.45) is 3.64. The fraction of sp³-hybridized carbons (Fsp3) is 0.360. The molecule has 0 unspecified atom stereocenters. The van der Waals surface area contributed by atoms with Crippen molar-refractivity contribution in [1.29, 1.82) is 0 Å². The monoisotopic (exact) mass is 481 g/mol. The second-order valence-electron chi connectivity index (χ2n) is 7.96. The number of aliphatic hydroxyl groups is 2. The Labute approximate surface area is 201 Å². The number of pyridine rings is 2. The molecule has 35 heavy (non-hydrogen) atoms. The maximum Gasteiger partial charge on any atom is 0.341 e. The summed E-state index contributed by atoms with van der Waals surface area (Å²) in [5.74, 6) is -1.31. The summed E-state index contributed by atoms with van der Waals surface area (Å²) in [6, 6.07) is 6.43. The first kappa shape index (κ1) is 24.5. The number of rotatable bonds is 11. The van der Waals surface area contributed by atoms with Gasteiger partial charge < -0.3 is 24.1 Å². The van der Waals surface area contributed by atoms with Gasteiger partial charge in [-0.3, -0.25) is 19.5 Å². The fourth-order valence-electron chi connectivity index (χ4n) is 4.34. The summed E-state index contributed by atoms with van der Waals surface area (Å²) < 4.78 is 12.8. The molecule has 3 aromatic rings. The van der Waals surface area contributed by atoms with Gasteiger partial charge in [-0.15, -0.1) is 0 Å². The Morgan fingerprint density at radius 1 is 1.09 bits per heavy atom. The molecule has 0 bridgehead atoms. The van der Waals surface area contributed by atoms with Crippen molar-refractivity contribution in [2.45, 2.75) is 13.3 Å². The van der Waals surface area contributed by atoms with E-state index in [1.54, 1.807) is 31.3 Å². The average molecular weight is 482 g/mol. The van der Waals surface area contributed by atoms with E-state index in [0.717, 1.165) is 0 Å². The van der Waals surface area contributed by atoms with E-state index in [4.69, 9.17) is 19.7 Å². The number of nitrogens with zero attached hydrogens (tertiary/aromatic N) is 3. The summed E-state index contributed by atoms with van der Waals surface area (Å²) in [5, 5.41) is 18.3. The number of hydrogen-bond acceptors (Lipinski definition) is 9. The molecule has 0 aromatic carbocycles. The molecule has 0 spiro atoms. The molecule has 4 rings (SSSR count). The van der Waals surface area contributed by atoms with Gasteiger partial charge >= 0.3 is 5.97 Å². The van der Waals surface area contributed by atoms with Gasteiger partial charge in [-0.25, -0.2) is 4.79 Å². The van der Waals surface area contributed by atoms with Gasteiger partial charge in [-0.05, 0) is 37.6 Å². The van der Waals surface area contributed by atoms with Crippen LogP contribution in [0.4, 0.5) is 0 Å². The topological polar surface area (TPSA) is 131 Å². The van der Waals surface area contributed by atoms with Crippen LogP contribution in [0.15, 0.2) is 36.7 Å². The first-order valence-corrected chi connectivity index (χ1v) is 11.5. The predicted molar refractivity (Wildman–Crippen MR) is 125 cm³/mol. The van der Waals surface area contributed by atoms with Crippen molar-refractivity contribution in [3.8, 4) is 5.75 Å². The zero-order valence-electron chi connectivity index (χ0n) is 19.4. The van der Waals surface area contributed by atoms with Crippen molar-refractivity contribution < 1.29 is 34.1 Å². The van der Waals surface area contributed by atoms with E-state index in [2.05, 4.69) is 4.98 Å². The summed E-state index contributed by atoms with van der Waals surface area (Å²) >= 11 is 0. The summed E-state index contributed by atoms with van der Waals surface area (Å²) in [6.45, 7) is 3.47. The van der Waals surface area contributed by atoms with Gasteiger partial charge in [0.1, 0.15) is 28.2 Å². The molecule has 184 valence electrons. The number of fused-ring (bicyclic) bond motifs is 4. The summed E-state index contributed by atoms with van der Waals surface area (Å²) in [4.78, 5) is 45.8. The molecule has 0 amide bonds. The molecule has 0 radical (unpaired) electrons. The number of carbonyl (C=O) groups is 3. The highest BCUT2D eigenvalue weighted by Crippen LogP contribution is 2.37. The van der Waals surface area contributed by atoms with E-state index in [0.29, 0.717) is 31.8 Å². The van der Waals surface area contributed by atoms with E-state index in [1.165, 1.54) is 16.7 Å². The molecular weight excluding hydrogens is 454 g/mol. The molecule has 0 aliphatic heterocycles. The van der Waals surface area contributed by atoms with Crippen molar-refractivity contribution in [3.63, 3.8) is 0 Å². The molecule has 1 aliphatic carbocycles. The van der Waals surface area contributed by atoms with Gasteiger partial charge in [0.15, 0.2) is 5.78 Å². The molecule has 3 aromatic heterocycles. The lowest BCUT2D eigenvalue weighted by Gasteiger charge is -2.20. The average Bonchev–Trinajstić information content (AvgIpc) is 3.22. The zero-order valence-corrected chi connectivity index (χ0v) is 19.4. The normalized spacial score (nSPS) is 12.7. The number of ether oxygens (including phenoxy) is 2. The zero-order chi connectivity index (χ0) is 24.9. The largest absolute Gasteiger partial charge is 0.491 e. The third-order valence-electron chi connectivity index (χ3n) is 5.82. The molecule has 1 aliphatic rings.